The Hall–Kier alpha value is -0.820. The molecule has 0 spiro atoms. The zero-order valence-electron chi connectivity index (χ0n) is 13.3. The number of carbonyl (C=O) groups is 1. The summed E-state index contributed by atoms with van der Waals surface area (Å²) in [6, 6.07) is 6.47. The van der Waals surface area contributed by atoms with Gasteiger partial charge in [0.25, 0.3) is 5.91 Å². The van der Waals surface area contributed by atoms with Crippen molar-refractivity contribution in [3.63, 3.8) is 0 Å². The molecule has 0 atom stereocenters. The molecule has 1 aliphatic heterocycles. The lowest BCUT2D eigenvalue weighted by Gasteiger charge is -2.34. The Balaban J connectivity index is 0.00000264. The number of methoxy groups -OCH3 is 1. The highest BCUT2D eigenvalue weighted by Crippen LogP contribution is 2.23. The maximum atomic E-state index is 12.8. The number of piperidine rings is 1. The lowest BCUT2D eigenvalue weighted by Crippen LogP contribution is -2.54. The molecule has 0 saturated carbocycles. The molecule has 1 aliphatic rings. The van der Waals surface area contributed by atoms with Gasteiger partial charge in [-0.05, 0) is 62.4 Å². The van der Waals surface area contributed by atoms with E-state index < -0.39 is 5.60 Å². The van der Waals surface area contributed by atoms with Gasteiger partial charge >= 0.3 is 0 Å². The van der Waals surface area contributed by atoms with Crippen molar-refractivity contribution >= 4 is 30.1 Å². The molecule has 0 aromatic heterocycles. The lowest BCUT2D eigenvalue weighted by molar-refractivity contribution is -0.146. The van der Waals surface area contributed by atoms with E-state index >= 15 is 0 Å². The van der Waals surface area contributed by atoms with Crippen molar-refractivity contribution in [3.05, 3.63) is 30.1 Å². The summed E-state index contributed by atoms with van der Waals surface area (Å²) in [5, 5.41) is 6.21. The van der Waals surface area contributed by atoms with E-state index in [1.165, 1.54) is 12.1 Å². The molecule has 0 radical (unpaired) electrons. The van der Waals surface area contributed by atoms with Gasteiger partial charge in [-0.1, -0.05) is 0 Å². The summed E-state index contributed by atoms with van der Waals surface area (Å²) < 4.78 is 18.3. The number of nitrogens with one attached hydrogen (secondary N) is 2. The van der Waals surface area contributed by atoms with Crippen LogP contribution in [0.25, 0.3) is 0 Å². The molecule has 0 unspecified atom stereocenters. The second-order valence-corrected chi connectivity index (χ2v) is 6.53. The Kier molecular flexibility index (Phi) is 8.91. The molecule has 2 rings (SSSR count). The van der Waals surface area contributed by atoms with Crippen molar-refractivity contribution in [2.45, 2.75) is 29.8 Å². The van der Waals surface area contributed by atoms with Gasteiger partial charge in [0.15, 0.2) is 0 Å². The van der Waals surface area contributed by atoms with E-state index in [2.05, 4.69) is 10.6 Å². The predicted molar refractivity (Wildman–Crippen MR) is 93.8 cm³/mol. The minimum atomic E-state index is -0.671. The van der Waals surface area contributed by atoms with Gasteiger partial charge in [-0.25, -0.2) is 4.39 Å². The first-order valence-electron chi connectivity index (χ1n) is 7.59. The number of halogens is 2. The van der Waals surface area contributed by atoms with Crippen molar-refractivity contribution in [1.29, 1.82) is 0 Å². The summed E-state index contributed by atoms with van der Waals surface area (Å²) in [5.41, 5.74) is -0.671. The van der Waals surface area contributed by atoms with Crippen LogP contribution in [0.2, 0.25) is 0 Å². The van der Waals surface area contributed by atoms with Crippen LogP contribution in [0.1, 0.15) is 19.3 Å². The van der Waals surface area contributed by atoms with Crippen LogP contribution in [-0.2, 0) is 9.53 Å². The van der Waals surface area contributed by atoms with E-state index in [0.29, 0.717) is 19.4 Å². The SMILES string of the molecule is COC1(C(=O)NCCCSc2ccc(F)cc2)CCNCC1.Cl. The van der Waals surface area contributed by atoms with E-state index in [1.54, 1.807) is 31.0 Å². The number of carbonyl (C=O) groups excluding carboxylic acids is 1. The number of thioether (sulfide) groups is 1. The van der Waals surface area contributed by atoms with Crippen LogP contribution in [0.5, 0.6) is 0 Å². The highest BCUT2D eigenvalue weighted by Gasteiger charge is 2.39. The molecular weight excluding hydrogens is 339 g/mol. The first-order valence-corrected chi connectivity index (χ1v) is 8.57. The van der Waals surface area contributed by atoms with Gasteiger partial charge in [0.1, 0.15) is 11.4 Å². The standard InChI is InChI=1S/C16H23FN2O2S.ClH/c1-21-16(7-10-18-11-8-16)15(20)19-9-2-12-22-14-5-3-13(17)4-6-14;/h3-6,18H,2,7-12H2,1H3,(H,19,20);1H. The quantitative estimate of drug-likeness (QED) is 0.578. The third kappa shape index (κ3) is 5.95. The molecule has 1 aromatic carbocycles. The fourth-order valence-electron chi connectivity index (χ4n) is 2.51. The Morgan fingerprint density at radius 3 is 2.61 bits per heavy atom. The Morgan fingerprint density at radius 2 is 2.00 bits per heavy atom. The molecular formula is C16H24ClFN2O2S. The fourth-order valence-corrected chi connectivity index (χ4v) is 3.36. The van der Waals surface area contributed by atoms with Gasteiger partial charge in [-0.15, -0.1) is 24.2 Å². The van der Waals surface area contributed by atoms with Gasteiger partial charge in [-0.2, -0.15) is 0 Å². The maximum Gasteiger partial charge on any atom is 0.252 e. The van der Waals surface area contributed by atoms with Crippen LogP contribution in [0.15, 0.2) is 29.2 Å². The van der Waals surface area contributed by atoms with Gasteiger partial charge < -0.3 is 15.4 Å². The van der Waals surface area contributed by atoms with E-state index in [9.17, 15) is 9.18 Å². The van der Waals surface area contributed by atoms with Crippen LogP contribution in [0, 0.1) is 5.82 Å². The molecule has 1 amide bonds. The molecule has 23 heavy (non-hydrogen) atoms. The summed E-state index contributed by atoms with van der Waals surface area (Å²) in [6.45, 7) is 2.24. The second kappa shape index (κ2) is 10.1. The third-order valence-electron chi connectivity index (χ3n) is 3.90. The number of benzene rings is 1. The van der Waals surface area contributed by atoms with Crippen molar-refractivity contribution in [2.75, 3.05) is 32.5 Å². The molecule has 1 aromatic rings. The number of hydrogen-bond donors (Lipinski definition) is 2. The predicted octanol–water partition coefficient (Wildman–Crippen LogP) is 2.61. The average Bonchev–Trinajstić information content (AvgIpc) is 2.56. The number of amides is 1. The molecule has 7 heteroatoms. The van der Waals surface area contributed by atoms with Crippen LogP contribution in [0.3, 0.4) is 0 Å². The van der Waals surface area contributed by atoms with Crippen molar-refractivity contribution in [1.82, 2.24) is 10.6 Å². The lowest BCUT2D eigenvalue weighted by atomic mass is 9.91. The third-order valence-corrected chi connectivity index (χ3v) is 5.00. The summed E-state index contributed by atoms with van der Waals surface area (Å²) in [4.78, 5) is 13.4. The van der Waals surface area contributed by atoms with Crippen LogP contribution in [-0.4, -0.2) is 44.0 Å². The molecule has 2 N–H and O–H groups in total. The van der Waals surface area contributed by atoms with Gasteiger partial charge in [0.05, 0.1) is 0 Å². The van der Waals surface area contributed by atoms with Gasteiger partial charge in [0, 0.05) is 18.6 Å². The van der Waals surface area contributed by atoms with Crippen molar-refractivity contribution in [2.24, 2.45) is 0 Å². The molecule has 4 nitrogen and oxygen atoms in total. The highest BCUT2D eigenvalue weighted by atomic mass is 35.5. The zero-order valence-corrected chi connectivity index (χ0v) is 14.9. The smallest absolute Gasteiger partial charge is 0.252 e. The first kappa shape index (κ1) is 20.2. The van der Waals surface area contributed by atoms with Gasteiger partial charge in [0.2, 0.25) is 0 Å². The monoisotopic (exact) mass is 362 g/mol. The van der Waals surface area contributed by atoms with E-state index in [1.807, 2.05) is 0 Å². The maximum absolute atomic E-state index is 12.8. The largest absolute Gasteiger partial charge is 0.368 e. The molecule has 0 aliphatic carbocycles. The van der Waals surface area contributed by atoms with E-state index in [0.717, 1.165) is 30.2 Å². The summed E-state index contributed by atoms with van der Waals surface area (Å²) in [6.07, 6.45) is 2.28. The zero-order chi connectivity index (χ0) is 15.8. The van der Waals surface area contributed by atoms with Crippen molar-refractivity contribution < 1.29 is 13.9 Å². The van der Waals surface area contributed by atoms with Crippen LogP contribution < -0.4 is 10.6 Å². The minimum Gasteiger partial charge on any atom is -0.368 e. The summed E-state index contributed by atoms with van der Waals surface area (Å²) >= 11 is 1.66. The molecule has 1 saturated heterocycles. The number of hydrogen-bond acceptors (Lipinski definition) is 4. The van der Waals surface area contributed by atoms with E-state index in [4.69, 9.17) is 4.74 Å². The summed E-state index contributed by atoms with van der Waals surface area (Å²) in [5.74, 6) is 0.653. The Bertz CT molecular complexity index is 481. The number of ether oxygens (including phenoxy) is 1. The number of rotatable bonds is 7. The topological polar surface area (TPSA) is 50.4 Å². The van der Waals surface area contributed by atoms with E-state index in [-0.39, 0.29) is 24.1 Å². The van der Waals surface area contributed by atoms with Crippen LogP contribution >= 0.6 is 24.2 Å². The molecule has 130 valence electrons. The Morgan fingerprint density at radius 1 is 1.35 bits per heavy atom. The molecule has 1 fully saturated rings. The minimum absolute atomic E-state index is 0. The fraction of sp³-hybridized carbons (Fsp3) is 0.562. The molecule has 1 heterocycles. The first-order chi connectivity index (χ1) is 10.7. The average molecular weight is 363 g/mol. The van der Waals surface area contributed by atoms with Crippen LogP contribution in [0.4, 0.5) is 4.39 Å². The van der Waals surface area contributed by atoms with Crippen molar-refractivity contribution in [3.8, 4) is 0 Å². The normalized spacial score (nSPS) is 16.4. The second-order valence-electron chi connectivity index (χ2n) is 5.36. The Labute approximate surface area is 147 Å². The van der Waals surface area contributed by atoms with Gasteiger partial charge in [-0.3, -0.25) is 4.79 Å². The molecule has 0 bridgehead atoms. The highest BCUT2D eigenvalue weighted by molar-refractivity contribution is 7.99. The summed E-state index contributed by atoms with van der Waals surface area (Å²) in [7, 11) is 1.61.